The first-order valence-electron chi connectivity index (χ1n) is 5.09. The van der Waals surface area contributed by atoms with Crippen molar-refractivity contribution in [2.24, 2.45) is 0 Å². The first-order valence-corrected chi connectivity index (χ1v) is 5.09. The number of fused-ring (bicyclic) bond motifs is 1. The van der Waals surface area contributed by atoms with Crippen LogP contribution < -0.4 is 0 Å². The van der Waals surface area contributed by atoms with Crippen molar-refractivity contribution in [1.29, 1.82) is 0 Å². The number of carboxylic acids is 1. The van der Waals surface area contributed by atoms with Crippen LogP contribution in [0.5, 0.6) is 0 Å². The van der Waals surface area contributed by atoms with E-state index in [2.05, 4.69) is 0 Å². The summed E-state index contributed by atoms with van der Waals surface area (Å²) in [6.45, 7) is 2.97. The number of hydrogen-bond donors (Lipinski definition) is 1. The molecule has 2 rings (SSSR count). The SMILES string of the molecule is Cc1cc(F)cc2c1CC(C)(C(=O)O)OC2=O. The summed E-state index contributed by atoms with van der Waals surface area (Å²) in [6, 6.07) is 2.35. The Morgan fingerprint density at radius 1 is 1.53 bits per heavy atom. The summed E-state index contributed by atoms with van der Waals surface area (Å²) in [5, 5.41) is 9.04. The predicted molar refractivity (Wildman–Crippen MR) is 56.3 cm³/mol. The maximum absolute atomic E-state index is 13.2. The highest BCUT2D eigenvalue weighted by atomic mass is 19.1. The number of aliphatic carboxylic acids is 1. The number of cyclic esters (lactones) is 1. The van der Waals surface area contributed by atoms with Crippen LogP contribution in [0.3, 0.4) is 0 Å². The van der Waals surface area contributed by atoms with Gasteiger partial charge in [0.1, 0.15) is 5.82 Å². The fourth-order valence-electron chi connectivity index (χ4n) is 1.94. The maximum Gasteiger partial charge on any atom is 0.348 e. The van der Waals surface area contributed by atoms with E-state index in [9.17, 15) is 14.0 Å². The second-order valence-corrected chi connectivity index (χ2v) is 4.35. The van der Waals surface area contributed by atoms with E-state index in [1.54, 1.807) is 6.92 Å². The van der Waals surface area contributed by atoms with Gasteiger partial charge in [-0.15, -0.1) is 0 Å². The number of ether oxygens (including phenoxy) is 1. The Kier molecular flexibility index (Phi) is 2.41. The van der Waals surface area contributed by atoms with Crippen LogP contribution >= 0.6 is 0 Å². The number of aryl methyl sites for hydroxylation is 1. The number of halogens is 1. The van der Waals surface area contributed by atoms with E-state index in [-0.39, 0.29) is 12.0 Å². The molecule has 90 valence electrons. The molecular formula is C12H11FO4. The molecule has 0 bridgehead atoms. The highest BCUT2D eigenvalue weighted by molar-refractivity contribution is 5.96. The first kappa shape index (κ1) is 11.6. The largest absolute Gasteiger partial charge is 0.478 e. The van der Waals surface area contributed by atoms with Gasteiger partial charge < -0.3 is 9.84 Å². The van der Waals surface area contributed by atoms with Crippen molar-refractivity contribution in [2.45, 2.75) is 25.9 Å². The molecule has 1 atom stereocenters. The van der Waals surface area contributed by atoms with Gasteiger partial charge >= 0.3 is 11.9 Å². The van der Waals surface area contributed by atoms with Crippen LogP contribution in [0.25, 0.3) is 0 Å². The number of carboxylic acid groups (broad SMARTS) is 1. The van der Waals surface area contributed by atoms with Gasteiger partial charge in [-0.05, 0) is 37.1 Å². The van der Waals surface area contributed by atoms with Gasteiger partial charge in [-0.25, -0.2) is 14.0 Å². The summed E-state index contributed by atoms with van der Waals surface area (Å²) in [4.78, 5) is 22.7. The number of esters is 1. The molecule has 0 amide bonds. The summed E-state index contributed by atoms with van der Waals surface area (Å²) < 4.78 is 18.0. The van der Waals surface area contributed by atoms with E-state index in [0.29, 0.717) is 11.1 Å². The van der Waals surface area contributed by atoms with Crippen LogP contribution in [0.1, 0.15) is 28.4 Å². The molecular weight excluding hydrogens is 227 g/mol. The lowest BCUT2D eigenvalue weighted by Gasteiger charge is -2.31. The minimum atomic E-state index is -1.58. The Labute approximate surface area is 97.0 Å². The van der Waals surface area contributed by atoms with Crippen LogP contribution in [-0.2, 0) is 16.0 Å². The van der Waals surface area contributed by atoms with Gasteiger partial charge in [-0.1, -0.05) is 0 Å². The van der Waals surface area contributed by atoms with Crippen LogP contribution in [0.4, 0.5) is 4.39 Å². The Morgan fingerprint density at radius 2 is 2.18 bits per heavy atom. The van der Waals surface area contributed by atoms with Gasteiger partial charge in [0.05, 0.1) is 5.56 Å². The zero-order valence-corrected chi connectivity index (χ0v) is 9.41. The van der Waals surface area contributed by atoms with Crippen molar-refractivity contribution in [2.75, 3.05) is 0 Å². The average molecular weight is 238 g/mol. The molecule has 4 nitrogen and oxygen atoms in total. The van der Waals surface area contributed by atoms with Crippen molar-refractivity contribution >= 4 is 11.9 Å². The molecule has 1 aromatic carbocycles. The van der Waals surface area contributed by atoms with E-state index in [1.807, 2.05) is 0 Å². The molecule has 5 heteroatoms. The molecule has 0 aliphatic carbocycles. The highest BCUT2D eigenvalue weighted by Gasteiger charge is 2.43. The lowest BCUT2D eigenvalue weighted by Crippen LogP contribution is -2.46. The Morgan fingerprint density at radius 3 is 2.76 bits per heavy atom. The molecule has 1 heterocycles. The zero-order chi connectivity index (χ0) is 12.8. The molecule has 1 aliphatic heterocycles. The maximum atomic E-state index is 13.2. The van der Waals surface area contributed by atoms with Crippen molar-refractivity contribution in [3.05, 3.63) is 34.6 Å². The number of carbonyl (C=O) groups is 2. The third-order valence-corrected chi connectivity index (χ3v) is 2.94. The third kappa shape index (κ3) is 1.77. The summed E-state index contributed by atoms with van der Waals surface area (Å²) in [5.41, 5.74) is -0.370. The molecule has 0 saturated carbocycles. The van der Waals surface area contributed by atoms with Crippen LogP contribution in [0.15, 0.2) is 12.1 Å². The zero-order valence-electron chi connectivity index (χ0n) is 9.41. The molecule has 0 saturated heterocycles. The van der Waals surface area contributed by atoms with Crippen molar-refractivity contribution < 1.29 is 23.8 Å². The van der Waals surface area contributed by atoms with Crippen LogP contribution in [-0.4, -0.2) is 22.6 Å². The van der Waals surface area contributed by atoms with Crippen molar-refractivity contribution in [3.8, 4) is 0 Å². The topological polar surface area (TPSA) is 63.6 Å². The summed E-state index contributed by atoms with van der Waals surface area (Å²) in [7, 11) is 0. The normalized spacial score (nSPS) is 22.9. The van der Waals surface area contributed by atoms with Gasteiger partial charge in [0, 0.05) is 6.42 Å². The van der Waals surface area contributed by atoms with Gasteiger partial charge in [-0.2, -0.15) is 0 Å². The number of carbonyl (C=O) groups excluding carboxylic acids is 1. The number of hydrogen-bond acceptors (Lipinski definition) is 3. The second kappa shape index (κ2) is 3.55. The van der Waals surface area contributed by atoms with E-state index in [4.69, 9.17) is 9.84 Å². The van der Waals surface area contributed by atoms with Crippen molar-refractivity contribution in [3.63, 3.8) is 0 Å². The van der Waals surface area contributed by atoms with Crippen LogP contribution in [0.2, 0.25) is 0 Å². The highest BCUT2D eigenvalue weighted by Crippen LogP contribution is 2.31. The van der Waals surface area contributed by atoms with E-state index in [0.717, 1.165) is 6.07 Å². The molecule has 1 N–H and O–H groups in total. The quantitative estimate of drug-likeness (QED) is 0.756. The summed E-state index contributed by atoms with van der Waals surface area (Å²) in [6.07, 6.45) is 0.0511. The second-order valence-electron chi connectivity index (χ2n) is 4.35. The lowest BCUT2D eigenvalue weighted by molar-refractivity contribution is -0.158. The molecule has 0 radical (unpaired) electrons. The van der Waals surface area contributed by atoms with Gasteiger partial charge in [0.2, 0.25) is 5.60 Å². The number of benzene rings is 1. The van der Waals surface area contributed by atoms with E-state index in [1.165, 1.54) is 13.0 Å². The minimum Gasteiger partial charge on any atom is -0.478 e. The van der Waals surface area contributed by atoms with E-state index >= 15 is 0 Å². The monoisotopic (exact) mass is 238 g/mol. The fourth-order valence-corrected chi connectivity index (χ4v) is 1.94. The minimum absolute atomic E-state index is 0.0511. The molecule has 17 heavy (non-hydrogen) atoms. The Balaban J connectivity index is 2.58. The molecule has 0 spiro atoms. The van der Waals surface area contributed by atoms with Crippen molar-refractivity contribution in [1.82, 2.24) is 0 Å². The first-order chi connectivity index (χ1) is 7.83. The van der Waals surface area contributed by atoms with Gasteiger partial charge in [0.15, 0.2) is 0 Å². The standard InChI is InChI=1S/C12H11FO4/c1-6-3-7(13)4-8-9(6)5-12(2,11(15)16)17-10(8)14/h3-4H,5H2,1-2H3,(H,15,16). The molecule has 0 aromatic heterocycles. The predicted octanol–water partition coefficient (Wildman–Crippen LogP) is 1.69. The Bertz CT molecular complexity index is 523. The fraction of sp³-hybridized carbons (Fsp3) is 0.333. The smallest absolute Gasteiger partial charge is 0.348 e. The molecule has 1 aliphatic rings. The molecule has 1 unspecified atom stereocenters. The average Bonchev–Trinajstić information content (AvgIpc) is 2.20. The number of rotatable bonds is 1. The lowest BCUT2D eigenvalue weighted by atomic mass is 9.87. The summed E-state index contributed by atoms with van der Waals surface area (Å²) in [5.74, 6) is -2.53. The molecule has 1 aromatic rings. The summed E-state index contributed by atoms with van der Waals surface area (Å²) >= 11 is 0. The Hall–Kier alpha value is -1.91. The van der Waals surface area contributed by atoms with Gasteiger partial charge in [-0.3, -0.25) is 0 Å². The molecule has 0 fully saturated rings. The third-order valence-electron chi connectivity index (χ3n) is 2.94. The van der Waals surface area contributed by atoms with E-state index < -0.39 is 23.4 Å². The van der Waals surface area contributed by atoms with Gasteiger partial charge in [0.25, 0.3) is 0 Å². The van der Waals surface area contributed by atoms with Crippen LogP contribution in [0, 0.1) is 12.7 Å².